The van der Waals surface area contributed by atoms with E-state index in [1.165, 1.54) is 5.56 Å². The van der Waals surface area contributed by atoms with Crippen molar-refractivity contribution in [2.75, 3.05) is 31.2 Å². The highest BCUT2D eigenvalue weighted by atomic mass is 35.5. The first-order chi connectivity index (χ1) is 19.8. The highest BCUT2D eigenvalue weighted by Gasteiger charge is 2.40. The van der Waals surface area contributed by atoms with E-state index in [1.807, 2.05) is 30.4 Å². The Hall–Kier alpha value is -2.59. The van der Waals surface area contributed by atoms with Crippen LogP contribution in [0.1, 0.15) is 53.6 Å². The van der Waals surface area contributed by atoms with Gasteiger partial charge in [-0.25, -0.2) is 13.1 Å². The number of anilines is 1. The lowest BCUT2D eigenvalue weighted by atomic mass is 9.70. The van der Waals surface area contributed by atoms with E-state index in [1.54, 1.807) is 18.2 Å². The van der Waals surface area contributed by atoms with E-state index in [4.69, 9.17) is 21.1 Å². The second kappa shape index (κ2) is 12.0. The molecule has 0 radical (unpaired) electrons. The van der Waals surface area contributed by atoms with Crippen LogP contribution in [0, 0.1) is 17.8 Å². The number of benzene rings is 2. The number of aliphatic hydroxyl groups excluding tert-OH is 1. The third-order valence-electron chi connectivity index (χ3n) is 9.15. The van der Waals surface area contributed by atoms with Crippen molar-refractivity contribution >= 4 is 33.2 Å². The van der Waals surface area contributed by atoms with Gasteiger partial charge in [0, 0.05) is 29.6 Å². The molecule has 2 N–H and O–H groups in total. The fraction of sp³-hybridized carbons (Fsp3) is 0.516. The van der Waals surface area contributed by atoms with Crippen LogP contribution in [0.15, 0.2) is 48.6 Å². The first kappa shape index (κ1) is 28.5. The fourth-order valence-electron chi connectivity index (χ4n) is 6.57. The number of hydrogen-bond donors (Lipinski definition) is 2. The Labute approximate surface area is 246 Å². The van der Waals surface area contributed by atoms with E-state index in [2.05, 4.69) is 9.62 Å². The predicted molar refractivity (Wildman–Crippen MR) is 158 cm³/mol. The number of aliphatic hydroxyl groups is 1. The monoisotopic (exact) mass is 600 g/mol. The standard InChI is InChI=1S/C31H37ClN2O6S/c32-25-10-7-23-18-40-29-12-9-21-15-27(29)34(13-2-1-4-20(23)14-25)16-22-8-11-26(22)28(35)6-3-5-24-17-39-19-30(24)41(37,38)33-31(21)36/h3,6-7,9-10,12,14-15,22,24,26,28,30,35H,1-2,4-5,8,11,13,16-19H2,(H,33,36)/b6-3+/t22-,24+,26+,28-,30-/m0/s1. The number of sulfonamides is 1. The number of halogens is 1. The molecule has 2 aromatic carbocycles. The SMILES string of the molecule is O=C1NS(=O)(=O)[C@H]2COC[C@H]2C/C=C/[C@H](O)[C@@H]2CC[C@H]2CN2CCCCc3cc(Cl)ccc3COc3ccc1cc32. The Kier molecular flexibility index (Phi) is 8.32. The summed E-state index contributed by atoms with van der Waals surface area (Å²) >= 11 is 6.30. The van der Waals surface area contributed by atoms with Crippen molar-refractivity contribution in [3.05, 3.63) is 70.3 Å². The minimum absolute atomic E-state index is 0.0346. The second-order valence-electron chi connectivity index (χ2n) is 11.8. The third-order valence-corrected chi connectivity index (χ3v) is 11.2. The number of nitrogens with zero attached hydrogens (tertiary/aromatic N) is 1. The quantitative estimate of drug-likeness (QED) is 0.430. The molecule has 0 unspecified atom stereocenters. The number of allylic oxidation sites excluding steroid dienone is 1. The van der Waals surface area contributed by atoms with E-state index in [0.717, 1.165) is 49.9 Å². The van der Waals surface area contributed by atoms with Crippen LogP contribution in [0.4, 0.5) is 5.69 Å². The van der Waals surface area contributed by atoms with Gasteiger partial charge in [0.15, 0.2) is 0 Å². The summed E-state index contributed by atoms with van der Waals surface area (Å²) in [6.45, 7) is 2.14. The molecule has 1 amide bonds. The van der Waals surface area contributed by atoms with Crippen molar-refractivity contribution in [1.29, 1.82) is 0 Å². The molecule has 2 fully saturated rings. The van der Waals surface area contributed by atoms with E-state index in [0.29, 0.717) is 37.0 Å². The molecular weight excluding hydrogens is 564 g/mol. The van der Waals surface area contributed by atoms with E-state index in [-0.39, 0.29) is 29.9 Å². The molecule has 6 rings (SSSR count). The van der Waals surface area contributed by atoms with Gasteiger partial charge in [0.2, 0.25) is 10.0 Å². The lowest BCUT2D eigenvalue weighted by Crippen LogP contribution is -2.44. The van der Waals surface area contributed by atoms with Gasteiger partial charge in [-0.2, -0.15) is 0 Å². The summed E-state index contributed by atoms with van der Waals surface area (Å²) in [6.07, 6.45) is 8.28. The average molecular weight is 601 g/mol. The molecular formula is C31H37ClN2O6S. The Bertz CT molecular complexity index is 1430. The zero-order valence-corrected chi connectivity index (χ0v) is 24.6. The Morgan fingerprint density at radius 3 is 2.73 bits per heavy atom. The number of rotatable bonds is 0. The minimum Gasteiger partial charge on any atom is -0.487 e. The molecule has 8 nitrogen and oxygen atoms in total. The normalized spacial score (nSPS) is 30.7. The number of carbonyl (C=O) groups excluding carboxylic acids is 1. The molecule has 41 heavy (non-hydrogen) atoms. The molecule has 220 valence electrons. The van der Waals surface area contributed by atoms with Crippen molar-refractivity contribution in [1.82, 2.24) is 4.72 Å². The number of nitrogens with one attached hydrogen (secondary N) is 1. The van der Waals surface area contributed by atoms with Crippen LogP contribution in [0.5, 0.6) is 5.75 Å². The number of hydrogen-bond acceptors (Lipinski definition) is 7. The van der Waals surface area contributed by atoms with Crippen molar-refractivity contribution in [3.8, 4) is 5.75 Å². The molecule has 0 spiro atoms. The van der Waals surface area contributed by atoms with Gasteiger partial charge in [-0.3, -0.25) is 4.79 Å². The van der Waals surface area contributed by atoms with E-state index in [9.17, 15) is 18.3 Å². The van der Waals surface area contributed by atoms with Gasteiger partial charge in [-0.1, -0.05) is 29.8 Å². The molecule has 4 aliphatic rings. The largest absolute Gasteiger partial charge is 0.487 e. The van der Waals surface area contributed by atoms with Crippen LogP contribution in [-0.4, -0.2) is 57.1 Å². The molecule has 1 saturated carbocycles. The molecule has 3 heterocycles. The van der Waals surface area contributed by atoms with Crippen LogP contribution in [0.3, 0.4) is 0 Å². The fourth-order valence-corrected chi connectivity index (χ4v) is 8.27. The lowest BCUT2D eigenvalue weighted by Gasteiger charge is -2.42. The van der Waals surface area contributed by atoms with Gasteiger partial charge in [0.25, 0.3) is 5.91 Å². The first-order valence-electron chi connectivity index (χ1n) is 14.6. The van der Waals surface area contributed by atoms with Gasteiger partial charge in [-0.05, 0) is 91.8 Å². The van der Waals surface area contributed by atoms with Gasteiger partial charge >= 0.3 is 0 Å². The summed E-state index contributed by atoms with van der Waals surface area (Å²) in [7, 11) is -3.98. The average Bonchev–Trinajstić information content (AvgIpc) is 3.39. The molecule has 2 aromatic rings. The number of ether oxygens (including phenoxy) is 2. The Balaban J connectivity index is 1.38. The third kappa shape index (κ3) is 6.14. The molecule has 3 aliphatic heterocycles. The summed E-state index contributed by atoms with van der Waals surface area (Å²) in [5.74, 6) is 0.0972. The molecule has 0 aromatic heterocycles. The van der Waals surface area contributed by atoms with Gasteiger partial charge < -0.3 is 19.5 Å². The van der Waals surface area contributed by atoms with Crippen LogP contribution in [0.25, 0.3) is 0 Å². The highest BCUT2D eigenvalue weighted by Crippen LogP contribution is 2.41. The second-order valence-corrected chi connectivity index (χ2v) is 14.1. The van der Waals surface area contributed by atoms with Crippen LogP contribution >= 0.6 is 11.6 Å². The zero-order chi connectivity index (χ0) is 28.6. The summed E-state index contributed by atoms with van der Waals surface area (Å²) in [5.41, 5.74) is 3.26. The lowest BCUT2D eigenvalue weighted by molar-refractivity contribution is 0.0460. The summed E-state index contributed by atoms with van der Waals surface area (Å²) in [5, 5.41) is 10.9. The van der Waals surface area contributed by atoms with Crippen molar-refractivity contribution in [3.63, 3.8) is 0 Å². The molecule has 10 heteroatoms. The van der Waals surface area contributed by atoms with Crippen LogP contribution in [-0.2, 0) is 27.8 Å². The number of aryl methyl sites for hydroxylation is 1. The molecule has 5 atom stereocenters. The van der Waals surface area contributed by atoms with E-state index < -0.39 is 27.3 Å². The molecule has 1 aliphatic carbocycles. The van der Waals surface area contributed by atoms with Gasteiger partial charge in [0.05, 0.1) is 25.0 Å². The molecule has 1 saturated heterocycles. The Morgan fingerprint density at radius 2 is 1.90 bits per heavy atom. The van der Waals surface area contributed by atoms with Crippen molar-refractivity contribution in [2.24, 2.45) is 17.8 Å². The van der Waals surface area contributed by atoms with Gasteiger partial charge in [-0.15, -0.1) is 0 Å². The van der Waals surface area contributed by atoms with E-state index >= 15 is 0 Å². The first-order valence-corrected chi connectivity index (χ1v) is 16.5. The van der Waals surface area contributed by atoms with Crippen LogP contribution in [0.2, 0.25) is 5.02 Å². The smallest absolute Gasteiger partial charge is 0.264 e. The maximum Gasteiger partial charge on any atom is 0.264 e. The van der Waals surface area contributed by atoms with Crippen molar-refractivity contribution < 1.29 is 27.8 Å². The summed E-state index contributed by atoms with van der Waals surface area (Å²) in [4.78, 5) is 15.6. The van der Waals surface area contributed by atoms with Crippen LogP contribution < -0.4 is 14.4 Å². The summed E-state index contributed by atoms with van der Waals surface area (Å²) < 4.78 is 40.8. The maximum absolute atomic E-state index is 13.3. The number of carbonyl (C=O) groups is 1. The van der Waals surface area contributed by atoms with Gasteiger partial charge in [0.1, 0.15) is 17.6 Å². The maximum atomic E-state index is 13.3. The minimum atomic E-state index is -3.98. The molecule has 2 bridgehead atoms. The zero-order valence-electron chi connectivity index (χ0n) is 23.0. The summed E-state index contributed by atoms with van der Waals surface area (Å²) in [6, 6.07) is 11.0. The van der Waals surface area contributed by atoms with Crippen molar-refractivity contribution in [2.45, 2.75) is 56.5 Å². The highest BCUT2D eigenvalue weighted by molar-refractivity contribution is 7.90. The Morgan fingerprint density at radius 1 is 1.02 bits per heavy atom. The number of fused-ring (bicyclic) bond motifs is 4. The number of amides is 1. The predicted octanol–water partition coefficient (Wildman–Crippen LogP) is 4.48. The topological polar surface area (TPSA) is 105 Å².